The Morgan fingerprint density at radius 2 is 1.88 bits per heavy atom. The number of nitrogens with zero attached hydrogens (tertiary/aromatic N) is 2. The first-order valence-corrected chi connectivity index (χ1v) is 8.67. The molecule has 1 aromatic carbocycles. The molecule has 130 valence electrons. The molecule has 1 N–H and O–H groups in total. The Kier molecular flexibility index (Phi) is 4.41. The molecular weight excluding hydrogens is 318 g/mol. The summed E-state index contributed by atoms with van der Waals surface area (Å²) in [6.45, 7) is 3.65. The summed E-state index contributed by atoms with van der Waals surface area (Å²) in [6.07, 6.45) is 4.29. The topological polar surface area (TPSA) is 63.7 Å². The molecule has 0 saturated carbocycles. The third kappa shape index (κ3) is 3.52. The summed E-state index contributed by atoms with van der Waals surface area (Å²) < 4.78 is 11.0. The van der Waals surface area contributed by atoms with E-state index in [9.17, 15) is 4.79 Å². The first-order chi connectivity index (χ1) is 12.3. The second-order valence-electron chi connectivity index (χ2n) is 6.26. The zero-order valence-electron chi connectivity index (χ0n) is 14.0. The molecule has 2 aromatic rings. The molecular formula is C19H21N3O3. The molecule has 1 saturated heterocycles. The maximum absolute atomic E-state index is 12.3. The minimum atomic E-state index is -0.138. The molecule has 1 amide bonds. The molecule has 2 aliphatic heterocycles. The van der Waals surface area contributed by atoms with Crippen LogP contribution in [-0.4, -0.2) is 37.2 Å². The zero-order chi connectivity index (χ0) is 17.1. The molecule has 0 bridgehead atoms. The Bertz CT molecular complexity index is 755. The number of nitrogens with one attached hydrogen (secondary N) is 1. The second kappa shape index (κ2) is 7.01. The minimum absolute atomic E-state index is 0.138. The van der Waals surface area contributed by atoms with Crippen LogP contribution in [0.3, 0.4) is 0 Å². The summed E-state index contributed by atoms with van der Waals surface area (Å²) in [5.74, 6) is 2.18. The first-order valence-electron chi connectivity index (χ1n) is 8.67. The van der Waals surface area contributed by atoms with Crippen LogP contribution in [0, 0.1) is 0 Å². The van der Waals surface area contributed by atoms with E-state index in [1.165, 1.54) is 12.8 Å². The van der Waals surface area contributed by atoms with E-state index in [0.29, 0.717) is 36.8 Å². The highest BCUT2D eigenvalue weighted by atomic mass is 16.6. The smallest absolute Gasteiger partial charge is 0.251 e. The van der Waals surface area contributed by atoms with Crippen molar-refractivity contribution in [1.82, 2.24) is 10.3 Å². The van der Waals surface area contributed by atoms with Crippen LogP contribution in [0.4, 0.5) is 5.82 Å². The number of fused-ring (bicyclic) bond motifs is 1. The van der Waals surface area contributed by atoms with Crippen molar-refractivity contribution < 1.29 is 14.3 Å². The van der Waals surface area contributed by atoms with Gasteiger partial charge in [-0.1, -0.05) is 6.07 Å². The number of pyridine rings is 1. The summed E-state index contributed by atoms with van der Waals surface area (Å²) in [6, 6.07) is 9.29. The average Bonchev–Trinajstić information content (AvgIpc) is 3.21. The standard InChI is InChI=1S/C19H21N3O3/c23-19(15-4-5-16-17(11-15)25-10-9-24-16)21-13-14-3-6-18(20-12-14)22-7-1-2-8-22/h3-6,11-12H,1-2,7-10,13H2,(H,21,23). The van der Waals surface area contributed by atoms with E-state index in [1.807, 2.05) is 18.3 Å². The number of amides is 1. The van der Waals surface area contributed by atoms with Crippen molar-refractivity contribution in [3.05, 3.63) is 47.7 Å². The fourth-order valence-corrected chi connectivity index (χ4v) is 3.12. The first kappa shape index (κ1) is 15.7. The van der Waals surface area contributed by atoms with Crippen molar-refractivity contribution in [2.45, 2.75) is 19.4 Å². The fourth-order valence-electron chi connectivity index (χ4n) is 3.12. The van der Waals surface area contributed by atoms with E-state index in [0.717, 1.165) is 24.5 Å². The van der Waals surface area contributed by atoms with E-state index in [2.05, 4.69) is 15.2 Å². The van der Waals surface area contributed by atoms with Crippen molar-refractivity contribution >= 4 is 11.7 Å². The predicted octanol–water partition coefficient (Wildman–Crippen LogP) is 2.38. The Morgan fingerprint density at radius 3 is 2.64 bits per heavy atom. The van der Waals surface area contributed by atoms with Crippen molar-refractivity contribution in [3.63, 3.8) is 0 Å². The maximum atomic E-state index is 12.3. The number of rotatable bonds is 4. The Morgan fingerprint density at radius 1 is 1.08 bits per heavy atom. The van der Waals surface area contributed by atoms with Crippen LogP contribution in [0.1, 0.15) is 28.8 Å². The molecule has 6 heteroatoms. The van der Waals surface area contributed by atoms with Gasteiger partial charge in [0.2, 0.25) is 0 Å². The van der Waals surface area contributed by atoms with E-state index in [1.54, 1.807) is 18.2 Å². The summed E-state index contributed by atoms with van der Waals surface area (Å²) in [4.78, 5) is 19.1. The van der Waals surface area contributed by atoms with Crippen molar-refractivity contribution in [3.8, 4) is 11.5 Å². The summed E-state index contributed by atoms with van der Waals surface area (Å²) in [7, 11) is 0. The van der Waals surface area contributed by atoms with Gasteiger partial charge in [0, 0.05) is 31.4 Å². The normalized spacial score (nSPS) is 15.9. The van der Waals surface area contributed by atoms with E-state index in [-0.39, 0.29) is 5.91 Å². The lowest BCUT2D eigenvalue weighted by Gasteiger charge is -2.18. The van der Waals surface area contributed by atoms with Crippen LogP contribution in [0.5, 0.6) is 11.5 Å². The van der Waals surface area contributed by atoms with Gasteiger partial charge in [0.1, 0.15) is 19.0 Å². The molecule has 0 aliphatic carbocycles. The van der Waals surface area contributed by atoms with E-state index < -0.39 is 0 Å². The van der Waals surface area contributed by atoms with Crippen molar-refractivity contribution in [2.75, 3.05) is 31.2 Å². The highest BCUT2D eigenvalue weighted by molar-refractivity contribution is 5.94. The molecule has 1 fully saturated rings. The Labute approximate surface area is 146 Å². The highest BCUT2D eigenvalue weighted by Gasteiger charge is 2.15. The minimum Gasteiger partial charge on any atom is -0.486 e. The molecule has 0 radical (unpaired) electrons. The third-order valence-electron chi connectivity index (χ3n) is 4.50. The van der Waals surface area contributed by atoms with Gasteiger partial charge in [-0.3, -0.25) is 4.79 Å². The molecule has 6 nitrogen and oxygen atoms in total. The number of carbonyl (C=O) groups is 1. The predicted molar refractivity (Wildman–Crippen MR) is 94.3 cm³/mol. The Balaban J connectivity index is 1.36. The molecule has 3 heterocycles. The molecule has 0 atom stereocenters. The van der Waals surface area contributed by atoms with Crippen LogP contribution in [0.25, 0.3) is 0 Å². The largest absolute Gasteiger partial charge is 0.486 e. The third-order valence-corrected chi connectivity index (χ3v) is 4.50. The molecule has 2 aliphatic rings. The van der Waals surface area contributed by atoms with Crippen LogP contribution >= 0.6 is 0 Å². The van der Waals surface area contributed by atoms with Crippen LogP contribution in [0.2, 0.25) is 0 Å². The SMILES string of the molecule is O=C(NCc1ccc(N2CCCC2)nc1)c1ccc2c(c1)OCCO2. The highest BCUT2D eigenvalue weighted by Crippen LogP contribution is 2.30. The zero-order valence-corrected chi connectivity index (χ0v) is 14.0. The van der Waals surface area contributed by atoms with Gasteiger partial charge in [0.05, 0.1) is 0 Å². The van der Waals surface area contributed by atoms with Gasteiger partial charge < -0.3 is 19.7 Å². The number of anilines is 1. The van der Waals surface area contributed by atoms with Crippen molar-refractivity contribution in [1.29, 1.82) is 0 Å². The van der Waals surface area contributed by atoms with Gasteiger partial charge in [-0.2, -0.15) is 0 Å². The van der Waals surface area contributed by atoms with Gasteiger partial charge in [0.25, 0.3) is 5.91 Å². The lowest BCUT2D eigenvalue weighted by Crippen LogP contribution is -2.24. The molecule has 1 aromatic heterocycles. The van der Waals surface area contributed by atoms with Crippen molar-refractivity contribution in [2.24, 2.45) is 0 Å². The number of hydrogen-bond acceptors (Lipinski definition) is 5. The number of ether oxygens (including phenoxy) is 2. The quantitative estimate of drug-likeness (QED) is 0.927. The molecule has 0 spiro atoms. The molecule has 25 heavy (non-hydrogen) atoms. The number of hydrogen-bond donors (Lipinski definition) is 1. The van der Waals surface area contributed by atoms with Crippen LogP contribution in [-0.2, 0) is 6.54 Å². The fraction of sp³-hybridized carbons (Fsp3) is 0.368. The second-order valence-corrected chi connectivity index (χ2v) is 6.26. The summed E-state index contributed by atoms with van der Waals surface area (Å²) >= 11 is 0. The van der Waals surface area contributed by atoms with E-state index >= 15 is 0 Å². The Hall–Kier alpha value is -2.76. The van der Waals surface area contributed by atoms with Gasteiger partial charge in [-0.15, -0.1) is 0 Å². The maximum Gasteiger partial charge on any atom is 0.251 e. The van der Waals surface area contributed by atoms with Gasteiger partial charge in [-0.05, 0) is 42.7 Å². The number of aromatic nitrogens is 1. The van der Waals surface area contributed by atoms with Gasteiger partial charge >= 0.3 is 0 Å². The average molecular weight is 339 g/mol. The van der Waals surface area contributed by atoms with Gasteiger partial charge in [-0.25, -0.2) is 4.98 Å². The lowest BCUT2D eigenvalue weighted by atomic mass is 10.1. The molecule has 0 unspecified atom stereocenters. The number of benzene rings is 1. The summed E-state index contributed by atoms with van der Waals surface area (Å²) in [5, 5.41) is 2.92. The molecule has 4 rings (SSSR count). The monoisotopic (exact) mass is 339 g/mol. The number of carbonyl (C=O) groups excluding carboxylic acids is 1. The van der Waals surface area contributed by atoms with Crippen LogP contribution in [0.15, 0.2) is 36.5 Å². The van der Waals surface area contributed by atoms with Crippen LogP contribution < -0.4 is 19.7 Å². The summed E-state index contributed by atoms with van der Waals surface area (Å²) in [5.41, 5.74) is 1.54. The lowest BCUT2D eigenvalue weighted by molar-refractivity contribution is 0.0949. The van der Waals surface area contributed by atoms with E-state index in [4.69, 9.17) is 9.47 Å². The van der Waals surface area contributed by atoms with Gasteiger partial charge in [0.15, 0.2) is 11.5 Å².